The molecule has 1 fully saturated rings. The van der Waals surface area contributed by atoms with Gasteiger partial charge < -0.3 is 9.88 Å². The van der Waals surface area contributed by atoms with Crippen LogP contribution in [0.15, 0.2) is 43.0 Å². The van der Waals surface area contributed by atoms with Gasteiger partial charge in [-0.1, -0.05) is 12.1 Å². The Bertz CT molecular complexity index is 880. The topological polar surface area (TPSA) is 59.8 Å². The molecule has 0 radical (unpaired) electrons. The number of benzene rings is 1. The lowest BCUT2D eigenvalue weighted by Gasteiger charge is -2.25. The zero-order valence-corrected chi connectivity index (χ0v) is 13.0. The minimum atomic E-state index is 0.160. The van der Waals surface area contributed by atoms with Gasteiger partial charge in [0.25, 0.3) is 0 Å². The predicted octanol–water partition coefficient (Wildman–Crippen LogP) is 1.97. The first-order chi connectivity index (χ1) is 11.2. The number of pyridine rings is 1. The zero-order chi connectivity index (χ0) is 15.8. The van der Waals surface area contributed by atoms with Crippen molar-refractivity contribution in [3.63, 3.8) is 0 Å². The van der Waals surface area contributed by atoms with Crippen LogP contribution in [0.25, 0.3) is 22.0 Å². The number of aryl methyl sites for hydroxylation is 1. The van der Waals surface area contributed by atoms with E-state index in [4.69, 9.17) is 0 Å². The van der Waals surface area contributed by atoms with Gasteiger partial charge in [0, 0.05) is 55.3 Å². The molecule has 3 heterocycles. The number of nitrogens with zero attached hydrogens (tertiary/aromatic N) is 3. The van der Waals surface area contributed by atoms with Crippen LogP contribution in [0.1, 0.15) is 5.69 Å². The second-order valence-corrected chi connectivity index (χ2v) is 6.13. The summed E-state index contributed by atoms with van der Waals surface area (Å²) in [5.41, 5.74) is 3.03. The summed E-state index contributed by atoms with van der Waals surface area (Å²) in [5, 5.41) is 5.32. The fourth-order valence-electron chi connectivity index (χ4n) is 2.92. The minimum Gasteiger partial charge on any atom is -0.334 e. The van der Waals surface area contributed by atoms with Crippen molar-refractivity contribution in [1.29, 1.82) is 0 Å². The third-order valence-electron chi connectivity index (χ3n) is 4.48. The number of carbonyl (C=O) groups excluding carboxylic acids is 1. The van der Waals surface area contributed by atoms with Crippen LogP contribution in [0, 0.1) is 5.92 Å². The fraction of sp³-hybridized carbons (Fsp3) is 0.278. The number of Topliss-reactive ketones (excluding diaryl/α,β-unsaturated/α-hetero) is 1. The Morgan fingerprint density at radius 3 is 2.83 bits per heavy atom. The third-order valence-corrected chi connectivity index (χ3v) is 4.48. The average molecular weight is 306 g/mol. The van der Waals surface area contributed by atoms with E-state index in [9.17, 15) is 4.79 Å². The van der Waals surface area contributed by atoms with Gasteiger partial charge in [0.05, 0.1) is 18.2 Å². The molecule has 5 nitrogen and oxygen atoms in total. The second kappa shape index (κ2) is 5.59. The lowest BCUT2D eigenvalue weighted by atomic mass is 9.94. The summed E-state index contributed by atoms with van der Waals surface area (Å²) in [4.78, 5) is 20.7. The van der Waals surface area contributed by atoms with Crippen molar-refractivity contribution in [3.05, 3.63) is 48.7 Å². The van der Waals surface area contributed by atoms with Gasteiger partial charge in [-0.15, -0.1) is 0 Å². The van der Waals surface area contributed by atoms with E-state index in [1.54, 1.807) is 6.33 Å². The number of imidazole rings is 1. The quantitative estimate of drug-likeness (QED) is 0.800. The van der Waals surface area contributed by atoms with Crippen molar-refractivity contribution in [3.8, 4) is 11.3 Å². The monoisotopic (exact) mass is 306 g/mol. The molecule has 4 rings (SSSR count). The van der Waals surface area contributed by atoms with Gasteiger partial charge in [-0.25, -0.2) is 4.98 Å². The molecule has 23 heavy (non-hydrogen) atoms. The number of aromatic nitrogens is 3. The normalized spacial score (nSPS) is 14.8. The Balaban J connectivity index is 1.66. The predicted molar refractivity (Wildman–Crippen MR) is 89.0 cm³/mol. The Hall–Kier alpha value is -2.53. The Labute approximate surface area is 134 Å². The van der Waals surface area contributed by atoms with Gasteiger partial charge in [-0.3, -0.25) is 9.78 Å². The number of carbonyl (C=O) groups is 1. The molecule has 5 heteroatoms. The first-order valence-electron chi connectivity index (χ1n) is 7.79. The zero-order valence-electron chi connectivity index (χ0n) is 13.0. The van der Waals surface area contributed by atoms with E-state index in [0.29, 0.717) is 6.42 Å². The van der Waals surface area contributed by atoms with Gasteiger partial charge in [-0.05, 0) is 17.5 Å². The summed E-state index contributed by atoms with van der Waals surface area (Å²) >= 11 is 0. The van der Waals surface area contributed by atoms with Gasteiger partial charge >= 0.3 is 0 Å². The van der Waals surface area contributed by atoms with E-state index in [-0.39, 0.29) is 11.7 Å². The summed E-state index contributed by atoms with van der Waals surface area (Å²) < 4.78 is 2.00. The molecule has 0 atom stereocenters. The van der Waals surface area contributed by atoms with Gasteiger partial charge in [-0.2, -0.15) is 0 Å². The van der Waals surface area contributed by atoms with Crippen LogP contribution in [0.2, 0.25) is 0 Å². The molecule has 1 N–H and O–H groups in total. The van der Waals surface area contributed by atoms with Crippen LogP contribution in [0.4, 0.5) is 0 Å². The maximum atomic E-state index is 12.1. The van der Waals surface area contributed by atoms with Crippen molar-refractivity contribution in [2.75, 3.05) is 13.1 Å². The lowest BCUT2D eigenvalue weighted by molar-refractivity contribution is -0.123. The molecule has 0 amide bonds. The summed E-state index contributed by atoms with van der Waals surface area (Å²) in [7, 11) is 1.98. The van der Waals surface area contributed by atoms with E-state index in [2.05, 4.69) is 33.5 Å². The molecular weight excluding hydrogens is 288 g/mol. The van der Waals surface area contributed by atoms with Gasteiger partial charge in [0.15, 0.2) is 0 Å². The molecule has 2 aromatic heterocycles. The largest absolute Gasteiger partial charge is 0.334 e. The van der Waals surface area contributed by atoms with E-state index >= 15 is 0 Å². The van der Waals surface area contributed by atoms with Crippen molar-refractivity contribution in [2.45, 2.75) is 6.42 Å². The first kappa shape index (κ1) is 14.1. The molecular formula is C18H18N4O. The van der Waals surface area contributed by atoms with Crippen molar-refractivity contribution in [2.24, 2.45) is 13.0 Å². The highest BCUT2D eigenvalue weighted by atomic mass is 16.1. The number of hydrogen-bond donors (Lipinski definition) is 1. The van der Waals surface area contributed by atoms with Crippen LogP contribution >= 0.6 is 0 Å². The first-order valence-corrected chi connectivity index (χ1v) is 7.79. The molecule has 116 valence electrons. The van der Waals surface area contributed by atoms with Crippen molar-refractivity contribution < 1.29 is 4.79 Å². The third kappa shape index (κ3) is 2.64. The smallest absolute Gasteiger partial charge is 0.144 e. The standard InChI is InChI=1S/C18H18N4O/c1-22-11-20-10-17(22)12-2-3-13-9-21-16(5-14(13)4-12)6-18(23)15-7-19-8-15/h2-5,9-11,15,19H,6-8H2,1H3. The van der Waals surface area contributed by atoms with Crippen LogP contribution in [0.5, 0.6) is 0 Å². The summed E-state index contributed by atoms with van der Waals surface area (Å²) in [6.07, 6.45) is 5.92. The molecule has 0 saturated carbocycles. The molecule has 0 unspecified atom stereocenters. The summed E-state index contributed by atoms with van der Waals surface area (Å²) in [6.45, 7) is 1.61. The molecule has 0 aliphatic carbocycles. The maximum absolute atomic E-state index is 12.1. The van der Waals surface area contributed by atoms with Gasteiger partial charge in [0.1, 0.15) is 5.78 Å². The highest BCUT2D eigenvalue weighted by Crippen LogP contribution is 2.24. The number of nitrogens with one attached hydrogen (secondary N) is 1. The fourth-order valence-corrected chi connectivity index (χ4v) is 2.92. The summed E-state index contributed by atoms with van der Waals surface area (Å²) in [6, 6.07) is 8.30. The number of hydrogen-bond acceptors (Lipinski definition) is 4. The van der Waals surface area contributed by atoms with Crippen LogP contribution in [-0.4, -0.2) is 33.4 Å². The molecule has 1 aliphatic rings. The Morgan fingerprint density at radius 2 is 2.13 bits per heavy atom. The number of ketones is 1. The van der Waals surface area contributed by atoms with Crippen LogP contribution in [0.3, 0.4) is 0 Å². The number of rotatable bonds is 4. The van der Waals surface area contributed by atoms with Crippen molar-refractivity contribution >= 4 is 16.6 Å². The van der Waals surface area contributed by atoms with Gasteiger partial charge in [0.2, 0.25) is 0 Å². The van der Waals surface area contributed by atoms with Crippen LogP contribution in [-0.2, 0) is 18.3 Å². The average Bonchev–Trinajstić information content (AvgIpc) is 2.91. The molecule has 1 aliphatic heterocycles. The maximum Gasteiger partial charge on any atom is 0.144 e. The van der Waals surface area contributed by atoms with Crippen molar-refractivity contribution in [1.82, 2.24) is 19.9 Å². The van der Waals surface area contributed by atoms with E-state index in [1.807, 2.05) is 30.1 Å². The van der Waals surface area contributed by atoms with E-state index in [1.165, 1.54) is 0 Å². The molecule has 1 saturated heterocycles. The number of fused-ring (bicyclic) bond motifs is 1. The van der Waals surface area contributed by atoms with Crippen LogP contribution < -0.4 is 5.32 Å². The SMILES string of the molecule is Cn1cncc1-c1ccc2cnc(CC(=O)C3CNC3)cc2c1. The lowest BCUT2D eigenvalue weighted by Crippen LogP contribution is -2.47. The summed E-state index contributed by atoms with van der Waals surface area (Å²) in [5.74, 6) is 0.437. The molecule has 0 spiro atoms. The molecule has 3 aromatic rings. The second-order valence-electron chi connectivity index (χ2n) is 6.13. The Morgan fingerprint density at radius 1 is 1.26 bits per heavy atom. The Kier molecular flexibility index (Phi) is 3.42. The molecule has 0 bridgehead atoms. The molecule has 1 aromatic carbocycles. The highest BCUT2D eigenvalue weighted by Gasteiger charge is 2.24. The minimum absolute atomic E-state index is 0.160. The highest BCUT2D eigenvalue weighted by molar-refractivity contribution is 5.88. The van der Waals surface area contributed by atoms with E-state index < -0.39 is 0 Å². The van der Waals surface area contributed by atoms with E-state index in [0.717, 1.165) is 40.8 Å².